The number of alkyl halides is 2. The number of carbonyl (C=O) groups is 1. The van der Waals surface area contributed by atoms with Crippen LogP contribution in [0, 0.1) is 0 Å². The first-order valence-electron chi connectivity index (χ1n) is 4.81. The number of halogens is 2. The van der Waals surface area contributed by atoms with Gasteiger partial charge in [0.15, 0.2) is 0 Å². The summed E-state index contributed by atoms with van der Waals surface area (Å²) in [7, 11) is 0. The van der Waals surface area contributed by atoms with Crippen molar-refractivity contribution < 1.29 is 18.3 Å². The van der Waals surface area contributed by atoms with Gasteiger partial charge in [-0.25, -0.2) is 0 Å². The number of carbonyl (C=O) groups excluding carboxylic acids is 1. The molecule has 5 heteroatoms. The summed E-state index contributed by atoms with van der Waals surface area (Å²) in [6.45, 7) is 0.662. The SMILES string of the molecule is CC(C)c1cccc(C(N)=O)c1OC(F)F. The number of primary amides is 1. The smallest absolute Gasteiger partial charge is 0.387 e. The van der Waals surface area contributed by atoms with Crippen LogP contribution in [0.25, 0.3) is 0 Å². The third-order valence-electron chi connectivity index (χ3n) is 2.14. The van der Waals surface area contributed by atoms with E-state index in [1.54, 1.807) is 12.1 Å². The van der Waals surface area contributed by atoms with Gasteiger partial charge in [-0.15, -0.1) is 0 Å². The predicted octanol–water partition coefficient (Wildman–Crippen LogP) is 2.51. The van der Waals surface area contributed by atoms with Crippen molar-refractivity contribution in [2.45, 2.75) is 26.4 Å². The molecular formula is C11H13F2NO2. The standard InChI is InChI=1S/C11H13F2NO2/c1-6(2)7-4-3-5-8(10(14)15)9(7)16-11(12)13/h3-6,11H,1-2H3,(H2,14,15). The molecule has 0 unspecified atom stereocenters. The van der Waals surface area contributed by atoms with Gasteiger partial charge in [0.2, 0.25) is 0 Å². The van der Waals surface area contributed by atoms with Crippen LogP contribution in [0.4, 0.5) is 8.78 Å². The van der Waals surface area contributed by atoms with Gasteiger partial charge in [0.1, 0.15) is 5.75 Å². The van der Waals surface area contributed by atoms with Crippen LogP contribution < -0.4 is 10.5 Å². The van der Waals surface area contributed by atoms with Gasteiger partial charge in [-0.1, -0.05) is 26.0 Å². The fourth-order valence-corrected chi connectivity index (χ4v) is 1.42. The Morgan fingerprint density at radius 1 is 1.38 bits per heavy atom. The van der Waals surface area contributed by atoms with Crippen molar-refractivity contribution in [1.29, 1.82) is 0 Å². The van der Waals surface area contributed by atoms with Crippen molar-refractivity contribution in [2.75, 3.05) is 0 Å². The predicted molar refractivity (Wildman–Crippen MR) is 55.7 cm³/mol. The van der Waals surface area contributed by atoms with E-state index < -0.39 is 12.5 Å². The van der Waals surface area contributed by atoms with E-state index in [1.807, 2.05) is 13.8 Å². The number of nitrogens with two attached hydrogens (primary N) is 1. The summed E-state index contributed by atoms with van der Waals surface area (Å²) in [5.41, 5.74) is 5.61. The molecule has 3 nitrogen and oxygen atoms in total. The fraction of sp³-hybridized carbons (Fsp3) is 0.364. The molecule has 0 aliphatic carbocycles. The third-order valence-corrected chi connectivity index (χ3v) is 2.14. The van der Waals surface area contributed by atoms with Crippen molar-refractivity contribution in [2.24, 2.45) is 5.73 Å². The third kappa shape index (κ3) is 2.68. The first-order valence-corrected chi connectivity index (χ1v) is 4.81. The topological polar surface area (TPSA) is 52.3 Å². The molecule has 0 saturated carbocycles. The molecule has 0 aliphatic rings. The monoisotopic (exact) mass is 229 g/mol. The molecule has 2 N–H and O–H groups in total. The Kier molecular flexibility index (Phi) is 3.82. The van der Waals surface area contributed by atoms with Crippen LogP contribution in [0.1, 0.15) is 35.7 Å². The number of benzene rings is 1. The van der Waals surface area contributed by atoms with Gasteiger partial charge in [-0.05, 0) is 17.5 Å². The molecular weight excluding hydrogens is 216 g/mol. The minimum Gasteiger partial charge on any atom is -0.434 e. The lowest BCUT2D eigenvalue weighted by Gasteiger charge is -2.15. The molecule has 0 fully saturated rings. The summed E-state index contributed by atoms with van der Waals surface area (Å²) in [5.74, 6) is -0.939. The van der Waals surface area contributed by atoms with Crippen LogP contribution in [0.3, 0.4) is 0 Å². The van der Waals surface area contributed by atoms with Crippen molar-refractivity contribution in [3.63, 3.8) is 0 Å². The lowest BCUT2D eigenvalue weighted by Crippen LogP contribution is -2.16. The van der Waals surface area contributed by atoms with E-state index in [9.17, 15) is 13.6 Å². The van der Waals surface area contributed by atoms with Crippen LogP contribution in [-0.4, -0.2) is 12.5 Å². The number of amides is 1. The molecule has 0 spiro atoms. The van der Waals surface area contributed by atoms with Crippen molar-refractivity contribution in [1.82, 2.24) is 0 Å². The Hall–Kier alpha value is -1.65. The highest BCUT2D eigenvalue weighted by Crippen LogP contribution is 2.31. The quantitative estimate of drug-likeness (QED) is 0.862. The second-order valence-corrected chi connectivity index (χ2v) is 3.62. The van der Waals surface area contributed by atoms with Gasteiger partial charge in [0, 0.05) is 0 Å². The average Bonchev–Trinajstić information content (AvgIpc) is 2.16. The summed E-state index contributed by atoms with van der Waals surface area (Å²) in [6.07, 6.45) is 0. The van der Waals surface area contributed by atoms with E-state index in [1.165, 1.54) is 6.07 Å². The molecule has 1 rings (SSSR count). The Morgan fingerprint density at radius 3 is 2.44 bits per heavy atom. The van der Waals surface area contributed by atoms with Crippen LogP contribution >= 0.6 is 0 Å². The highest BCUT2D eigenvalue weighted by molar-refractivity contribution is 5.96. The van der Waals surface area contributed by atoms with Crippen LogP contribution in [0.2, 0.25) is 0 Å². The van der Waals surface area contributed by atoms with E-state index in [-0.39, 0.29) is 17.2 Å². The van der Waals surface area contributed by atoms with Gasteiger partial charge in [0.25, 0.3) is 5.91 Å². The Balaban J connectivity index is 3.29. The normalized spacial score (nSPS) is 10.9. The van der Waals surface area contributed by atoms with Gasteiger partial charge >= 0.3 is 6.61 Å². The van der Waals surface area contributed by atoms with E-state index in [0.717, 1.165) is 0 Å². The molecule has 0 bridgehead atoms. The maximum absolute atomic E-state index is 12.2. The zero-order chi connectivity index (χ0) is 12.3. The number of hydrogen-bond donors (Lipinski definition) is 1. The minimum absolute atomic E-state index is 0.0218. The number of hydrogen-bond acceptors (Lipinski definition) is 2. The Bertz CT molecular complexity index is 392. The molecule has 0 aromatic heterocycles. The number of para-hydroxylation sites is 1. The molecule has 0 saturated heterocycles. The van der Waals surface area contributed by atoms with E-state index >= 15 is 0 Å². The lowest BCUT2D eigenvalue weighted by molar-refractivity contribution is -0.0508. The second-order valence-electron chi connectivity index (χ2n) is 3.62. The van der Waals surface area contributed by atoms with Crippen LogP contribution in [0.15, 0.2) is 18.2 Å². The highest BCUT2D eigenvalue weighted by atomic mass is 19.3. The van der Waals surface area contributed by atoms with E-state index in [4.69, 9.17) is 5.73 Å². The zero-order valence-electron chi connectivity index (χ0n) is 9.04. The Morgan fingerprint density at radius 2 is 2.00 bits per heavy atom. The van der Waals surface area contributed by atoms with Crippen molar-refractivity contribution in [3.05, 3.63) is 29.3 Å². The minimum atomic E-state index is -2.97. The molecule has 0 radical (unpaired) electrons. The Labute approximate surface area is 92.2 Å². The highest BCUT2D eigenvalue weighted by Gasteiger charge is 2.19. The van der Waals surface area contributed by atoms with Crippen LogP contribution in [-0.2, 0) is 0 Å². The summed E-state index contributed by atoms with van der Waals surface area (Å²) >= 11 is 0. The molecule has 0 aliphatic heterocycles. The summed E-state index contributed by atoms with van der Waals surface area (Å²) in [5, 5.41) is 0. The van der Waals surface area contributed by atoms with Gasteiger partial charge in [0.05, 0.1) is 5.56 Å². The molecule has 1 aromatic carbocycles. The summed E-state index contributed by atoms with van der Waals surface area (Å²) < 4.78 is 28.8. The van der Waals surface area contributed by atoms with Crippen LogP contribution in [0.5, 0.6) is 5.75 Å². The summed E-state index contributed by atoms with van der Waals surface area (Å²) in [4.78, 5) is 11.1. The largest absolute Gasteiger partial charge is 0.434 e. The fourth-order valence-electron chi connectivity index (χ4n) is 1.42. The molecule has 16 heavy (non-hydrogen) atoms. The molecule has 1 amide bonds. The molecule has 0 heterocycles. The van der Waals surface area contributed by atoms with Crippen molar-refractivity contribution >= 4 is 5.91 Å². The molecule has 0 atom stereocenters. The number of ether oxygens (including phenoxy) is 1. The lowest BCUT2D eigenvalue weighted by atomic mass is 9.99. The first kappa shape index (κ1) is 12.4. The average molecular weight is 229 g/mol. The molecule has 1 aromatic rings. The van der Waals surface area contributed by atoms with E-state index in [0.29, 0.717) is 5.56 Å². The maximum Gasteiger partial charge on any atom is 0.387 e. The van der Waals surface area contributed by atoms with Gasteiger partial charge in [-0.3, -0.25) is 4.79 Å². The number of rotatable bonds is 4. The van der Waals surface area contributed by atoms with E-state index in [2.05, 4.69) is 4.74 Å². The maximum atomic E-state index is 12.2. The van der Waals surface area contributed by atoms with Gasteiger partial charge in [-0.2, -0.15) is 8.78 Å². The zero-order valence-corrected chi connectivity index (χ0v) is 9.04. The first-order chi connectivity index (χ1) is 7.43. The van der Waals surface area contributed by atoms with Crippen molar-refractivity contribution in [3.8, 4) is 5.75 Å². The molecule has 88 valence electrons. The summed E-state index contributed by atoms with van der Waals surface area (Å²) in [6, 6.07) is 4.59. The van der Waals surface area contributed by atoms with Gasteiger partial charge < -0.3 is 10.5 Å². The second kappa shape index (κ2) is 4.92.